The summed E-state index contributed by atoms with van der Waals surface area (Å²) in [6.45, 7) is 8.46. The van der Waals surface area contributed by atoms with Gasteiger partial charge in [0.05, 0.1) is 6.61 Å². The van der Waals surface area contributed by atoms with Crippen molar-refractivity contribution >= 4 is 0 Å². The third kappa shape index (κ3) is 5.36. The van der Waals surface area contributed by atoms with Gasteiger partial charge in [-0.15, -0.1) is 0 Å². The summed E-state index contributed by atoms with van der Waals surface area (Å²) < 4.78 is 5.37. The molecule has 1 aliphatic carbocycles. The molecule has 1 N–H and O–H groups in total. The topological polar surface area (TPSA) is 24.5 Å². The van der Waals surface area contributed by atoms with E-state index in [1.54, 1.807) is 7.11 Å². The van der Waals surface area contributed by atoms with Gasteiger partial charge in [0, 0.05) is 31.3 Å². The molecule has 0 spiro atoms. The number of ether oxygens (including phenoxy) is 1. The second kappa shape index (κ2) is 6.72. The maximum Gasteiger partial charge on any atom is 0.0630 e. The van der Waals surface area contributed by atoms with Gasteiger partial charge in [0.1, 0.15) is 0 Å². The molecule has 0 heterocycles. The number of nitrogens with zero attached hydrogens (tertiary/aromatic N) is 1. The average molecular weight is 242 g/mol. The first-order valence-electron chi connectivity index (χ1n) is 6.90. The molecule has 1 aliphatic rings. The quantitative estimate of drug-likeness (QED) is 0.773. The van der Waals surface area contributed by atoms with E-state index in [0.717, 1.165) is 19.2 Å². The molecular weight excluding hydrogens is 212 g/mol. The Labute approximate surface area is 107 Å². The molecule has 17 heavy (non-hydrogen) atoms. The molecule has 1 saturated carbocycles. The molecule has 1 fully saturated rings. The van der Waals surface area contributed by atoms with Gasteiger partial charge in [-0.2, -0.15) is 0 Å². The van der Waals surface area contributed by atoms with Crippen LogP contribution in [0.2, 0.25) is 0 Å². The summed E-state index contributed by atoms with van der Waals surface area (Å²) in [7, 11) is 4.05. The number of likely N-dealkylation sites (N-methyl/N-ethyl adjacent to an activating group) is 1. The van der Waals surface area contributed by atoms with Crippen molar-refractivity contribution in [2.75, 3.05) is 27.3 Å². The van der Waals surface area contributed by atoms with E-state index in [4.69, 9.17) is 4.74 Å². The number of hydrogen-bond acceptors (Lipinski definition) is 3. The van der Waals surface area contributed by atoms with Gasteiger partial charge in [-0.05, 0) is 40.7 Å². The van der Waals surface area contributed by atoms with Crippen molar-refractivity contribution in [3.8, 4) is 0 Å². The molecule has 3 heteroatoms. The molecule has 0 aromatic carbocycles. The van der Waals surface area contributed by atoms with Crippen LogP contribution in [0.3, 0.4) is 0 Å². The first kappa shape index (κ1) is 14.9. The van der Waals surface area contributed by atoms with Crippen LogP contribution >= 0.6 is 0 Å². The molecule has 0 amide bonds. The third-order valence-corrected chi connectivity index (χ3v) is 3.70. The van der Waals surface area contributed by atoms with Gasteiger partial charge < -0.3 is 10.1 Å². The molecule has 1 unspecified atom stereocenters. The van der Waals surface area contributed by atoms with E-state index >= 15 is 0 Å². The number of methoxy groups -OCH3 is 1. The lowest BCUT2D eigenvalue weighted by molar-refractivity contribution is 0.0770. The minimum Gasteiger partial charge on any atom is -0.383 e. The fourth-order valence-electron chi connectivity index (χ4n) is 2.55. The van der Waals surface area contributed by atoms with Gasteiger partial charge in [-0.3, -0.25) is 4.90 Å². The highest BCUT2D eigenvalue weighted by Crippen LogP contribution is 2.23. The van der Waals surface area contributed by atoms with E-state index in [9.17, 15) is 0 Å². The summed E-state index contributed by atoms with van der Waals surface area (Å²) in [5.74, 6) is 0. The van der Waals surface area contributed by atoms with E-state index in [2.05, 4.69) is 38.0 Å². The van der Waals surface area contributed by atoms with Gasteiger partial charge in [0.15, 0.2) is 0 Å². The summed E-state index contributed by atoms with van der Waals surface area (Å²) in [5.41, 5.74) is 0.183. The minimum absolute atomic E-state index is 0.183. The van der Waals surface area contributed by atoms with Crippen LogP contribution in [0.25, 0.3) is 0 Å². The van der Waals surface area contributed by atoms with Crippen molar-refractivity contribution in [2.45, 2.75) is 64.1 Å². The Morgan fingerprint density at radius 1 is 1.29 bits per heavy atom. The van der Waals surface area contributed by atoms with E-state index in [1.807, 2.05) is 0 Å². The third-order valence-electron chi connectivity index (χ3n) is 3.70. The van der Waals surface area contributed by atoms with E-state index in [0.29, 0.717) is 6.04 Å². The molecule has 0 radical (unpaired) electrons. The van der Waals surface area contributed by atoms with Crippen LogP contribution in [-0.2, 0) is 4.74 Å². The SMILES string of the molecule is COCC(CNC(C)(C)C)N(C)C1CCCC1. The predicted octanol–water partition coefficient (Wildman–Crippen LogP) is 2.26. The smallest absolute Gasteiger partial charge is 0.0630 e. The first-order valence-corrected chi connectivity index (χ1v) is 6.90. The van der Waals surface area contributed by atoms with E-state index in [-0.39, 0.29) is 5.54 Å². The molecule has 0 aromatic heterocycles. The van der Waals surface area contributed by atoms with Crippen LogP contribution in [0.15, 0.2) is 0 Å². The Balaban J connectivity index is 2.45. The zero-order valence-corrected chi connectivity index (χ0v) is 12.3. The lowest BCUT2D eigenvalue weighted by Gasteiger charge is -2.35. The highest BCUT2D eigenvalue weighted by molar-refractivity contribution is 4.83. The Morgan fingerprint density at radius 3 is 2.35 bits per heavy atom. The van der Waals surface area contributed by atoms with Crippen LogP contribution in [0.5, 0.6) is 0 Å². The maximum atomic E-state index is 5.37. The van der Waals surface area contributed by atoms with Crippen molar-refractivity contribution in [3.05, 3.63) is 0 Å². The summed E-state index contributed by atoms with van der Waals surface area (Å²) >= 11 is 0. The summed E-state index contributed by atoms with van der Waals surface area (Å²) in [4.78, 5) is 2.52. The van der Waals surface area contributed by atoms with Crippen LogP contribution in [-0.4, -0.2) is 49.8 Å². The van der Waals surface area contributed by atoms with Gasteiger partial charge in [-0.1, -0.05) is 12.8 Å². The van der Waals surface area contributed by atoms with Crippen LogP contribution < -0.4 is 5.32 Å². The molecule has 102 valence electrons. The fourth-order valence-corrected chi connectivity index (χ4v) is 2.55. The first-order chi connectivity index (χ1) is 7.94. The van der Waals surface area contributed by atoms with Gasteiger partial charge in [-0.25, -0.2) is 0 Å². The fraction of sp³-hybridized carbons (Fsp3) is 1.00. The van der Waals surface area contributed by atoms with Crippen molar-refractivity contribution in [1.29, 1.82) is 0 Å². The summed E-state index contributed by atoms with van der Waals surface area (Å²) in [5, 5.41) is 3.59. The second-order valence-electron chi connectivity index (χ2n) is 6.34. The van der Waals surface area contributed by atoms with Crippen LogP contribution in [0.4, 0.5) is 0 Å². The zero-order valence-electron chi connectivity index (χ0n) is 12.3. The standard InChI is InChI=1S/C14H30N2O/c1-14(2,3)15-10-13(11-17-5)16(4)12-8-6-7-9-12/h12-13,15H,6-11H2,1-5H3. The zero-order chi connectivity index (χ0) is 12.9. The largest absolute Gasteiger partial charge is 0.383 e. The maximum absolute atomic E-state index is 5.37. The summed E-state index contributed by atoms with van der Waals surface area (Å²) in [6.07, 6.45) is 5.49. The molecular formula is C14H30N2O. The molecule has 1 atom stereocenters. The summed E-state index contributed by atoms with van der Waals surface area (Å²) in [6, 6.07) is 1.25. The highest BCUT2D eigenvalue weighted by Gasteiger charge is 2.26. The minimum atomic E-state index is 0.183. The Kier molecular flexibility index (Phi) is 5.90. The predicted molar refractivity (Wildman–Crippen MR) is 73.4 cm³/mol. The van der Waals surface area contributed by atoms with E-state index < -0.39 is 0 Å². The van der Waals surface area contributed by atoms with Crippen molar-refractivity contribution < 1.29 is 4.74 Å². The van der Waals surface area contributed by atoms with Crippen molar-refractivity contribution in [1.82, 2.24) is 10.2 Å². The lowest BCUT2D eigenvalue weighted by Crippen LogP contribution is -2.50. The van der Waals surface area contributed by atoms with Crippen molar-refractivity contribution in [3.63, 3.8) is 0 Å². The lowest BCUT2D eigenvalue weighted by atomic mass is 10.1. The number of rotatable bonds is 6. The molecule has 0 bridgehead atoms. The number of hydrogen-bond donors (Lipinski definition) is 1. The Hall–Kier alpha value is -0.120. The monoisotopic (exact) mass is 242 g/mol. The number of nitrogens with one attached hydrogen (secondary N) is 1. The molecule has 1 rings (SSSR count). The van der Waals surface area contributed by atoms with Gasteiger partial charge in [0.2, 0.25) is 0 Å². The van der Waals surface area contributed by atoms with E-state index in [1.165, 1.54) is 25.7 Å². The molecule has 3 nitrogen and oxygen atoms in total. The van der Waals surface area contributed by atoms with Gasteiger partial charge >= 0.3 is 0 Å². The van der Waals surface area contributed by atoms with Crippen molar-refractivity contribution in [2.24, 2.45) is 0 Å². The van der Waals surface area contributed by atoms with Gasteiger partial charge in [0.25, 0.3) is 0 Å². The Morgan fingerprint density at radius 2 is 1.88 bits per heavy atom. The highest BCUT2D eigenvalue weighted by atomic mass is 16.5. The Bertz CT molecular complexity index is 207. The normalized spacial score (nSPS) is 20.1. The second-order valence-corrected chi connectivity index (χ2v) is 6.34. The van der Waals surface area contributed by atoms with Crippen LogP contribution in [0.1, 0.15) is 46.5 Å². The molecule has 0 aliphatic heterocycles. The molecule has 0 saturated heterocycles. The molecule has 0 aromatic rings. The average Bonchev–Trinajstić information content (AvgIpc) is 2.75. The van der Waals surface area contributed by atoms with Crippen LogP contribution in [0, 0.1) is 0 Å².